The van der Waals surface area contributed by atoms with E-state index in [1.165, 1.54) is 18.3 Å². The van der Waals surface area contributed by atoms with Crippen molar-refractivity contribution in [2.45, 2.75) is 45.7 Å². The Morgan fingerprint density at radius 1 is 1.11 bits per heavy atom. The van der Waals surface area contributed by atoms with Crippen LogP contribution in [0, 0.1) is 5.82 Å². The molecule has 11 nitrogen and oxygen atoms in total. The summed E-state index contributed by atoms with van der Waals surface area (Å²) in [5.74, 6) is -0.175. The van der Waals surface area contributed by atoms with Crippen molar-refractivity contribution in [2.24, 2.45) is 0 Å². The summed E-state index contributed by atoms with van der Waals surface area (Å²) >= 11 is 0. The lowest BCUT2D eigenvalue weighted by atomic mass is 10.1. The topological polar surface area (TPSA) is 123 Å². The zero-order chi connectivity index (χ0) is 31.5. The smallest absolute Gasteiger partial charge is 0.413 e. The zero-order valence-corrected chi connectivity index (χ0v) is 25.6. The van der Waals surface area contributed by atoms with Crippen LogP contribution in [0.1, 0.15) is 37.8 Å². The maximum Gasteiger partial charge on any atom is 0.413 e. The van der Waals surface area contributed by atoms with Gasteiger partial charge in [0.15, 0.2) is 11.6 Å². The molecule has 1 atom stereocenters. The van der Waals surface area contributed by atoms with Crippen molar-refractivity contribution >= 4 is 29.5 Å². The van der Waals surface area contributed by atoms with Gasteiger partial charge >= 0.3 is 6.09 Å². The number of carbonyl (C=O) groups excluding carboxylic acids is 1. The molecule has 1 aromatic heterocycles. The first-order chi connectivity index (χ1) is 21.2. The number of benzene rings is 2. The van der Waals surface area contributed by atoms with Crippen molar-refractivity contribution in [1.82, 2.24) is 25.1 Å². The predicted molar refractivity (Wildman–Crippen MR) is 168 cm³/mol. The molecule has 236 valence electrons. The second kappa shape index (κ2) is 16.0. The number of carboxylic acid groups (broad SMARTS) is 1. The monoisotopic (exact) mass is 607 g/mol. The van der Waals surface area contributed by atoms with Crippen molar-refractivity contribution < 1.29 is 23.8 Å². The van der Waals surface area contributed by atoms with Gasteiger partial charge in [-0.2, -0.15) is 4.98 Å². The molecular formula is C32H42FN7O4. The van der Waals surface area contributed by atoms with Gasteiger partial charge in [0.05, 0.1) is 19.6 Å². The van der Waals surface area contributed by atoms with Crippen LogP contribution in [-0.4, -0.2) is 89.3 Å². The Hall–Kier alpha value is -4.29. The average molecular weight is 608 g/mol. The Morgan fingerprint density at radius 3 is 2.61 bits per heavy atom. The minimum atomic E-state index is -1.20. The van der Waals surface area contributed by atoms with Crippen LogP contribution in [-0.2, 0) is 17.8 Å². The van der Waals surface area contributed by atoms with Gasteiger partial charge in [-0.05, 0) is 56.1 Å². The van der Waals surface area contributed by atoms with Crippen molar-refractivity contribution in [3.8, 4) is 5.75 Å². The Labute approximate surface area is 258 Å². The highest BCUT2D eigenvalue weighted by Crippen LogP contribution is 2.24. The number of nitrogens with zero attached hydrogens (tertiary/aromatic N) is 5. The van der Waals surface area contributed by atoms with Gasteiger partial charge in [0.1, 0.15) is 5.82 Å². The number of anilines is 3. The van der Waals surface area contributed by atoms with Gasteiger partial charge in [-0.15, -0.1) is 0 Å². The number of nitrogens with one attached hydrogen (secondary N) is 2. The summed E-state index contributed by atoms with van der Waals surface area (Å²) in [6, 6.07) is 13.3. The number of carbonyl (C=O) groups is 2. The molecule has 0 bridgehead atoms. The lowest BCUT2D eigenvalue weighted by Crippen LogP contribution is -2.44. The highest BCUT2D eigenvalue weighted by molar-refractivity contribution is 5.85. The molecule has 12 heteroatoms. The molecule has 1 saturated heterocycles. The summed E-state index contributed by atoms with van der Waals surface area (Å²) in [6.45, 7) is 9.47. The Morgan fingerprint density at radius 2 is 1.89 bits per heavy atom. The summed E-state index contributed by atoms with van der Waals surface area (Å²) in [4.78, 5) is 38.8. The summed E-state index contributed by atoms with van der Waals surface area (Å²) in [5, 5.41) is 15.8. The highest BCUT2D eigenvalue weighted by Gasteiger charge is 2.18. The van der Waals surface area contributed by atoms with Crippen molar-refractivity contribution in [3.63, 3.8) is 0 Å². The van der Waals surface area contributed by atoms with Crippen LogP contribution in [0.5, 0.6) is 5.75 Å². The molecule has 2 aromatic carbocycles. The van der Waals surface area contributed by atoms with E-state index in [-0.39, 0.29) is 42.4 Å². The van der Waals surface area contributed by atoms with Crippen LogP contribution in [0.3, 0.4) is 0 Å². The molecule has 0 radical (unpaired) electrons. The van der Waals surface area contributed by atoms with Crippen molar-refractivity contribution in [2.75, 3.05) is 56.6 Å². The summed E-state index contributed by atoms with van der Waals surface area (Å²) in [5.41, 5.74) is 1.88. The van der Waals surface area contributed by atoms with E-state index in [1.54, 1.807) is 24.3 Å². The fraction of sp³-hybridized carbons (Fsp3) is 0.438. The van der Waals surface area contributed by atoms with E-state index in [2.05, 4.69) is 37.4 Å². The number of halogens is 1. The Balaban J connectivity index is 1.34. The van der Waals surface area contributed by atoms with E-state index in [0.29, 0.717) is 17.9 Å². The maximum absolute atomic E-state index is 14.8. The van der Waals surface area contributed by atoms with Crippen LogP contribution in [0.25, 0.3) is 0 Å². The van der Waals surface area contributed by atoms with Gasteiger partial charge in [-0.3, -0.25) is 9.69 Å². The molecule has 44 heavy (non-hydrogen) atoms. The fourth-order valence-corrected chi connectivity index (χ4v) is 4.81. The van der Waals surface area contributed by atoms with Gasteiger partial charge in [0.2, 0.25) is 11.9 Å². The van der Waals surface area contributed by atoms with Crippen LogP contribution in [0.2, 0.25) is 0 Å². The van der Waals surface area contributed by atoms with Gasteiger partial charge in [-0.1, -0.05) is 31.2 Å². The first-order valence-electron chi connectivity index (χ1n) is 15.0. The van der Waals surface area contributed by atoms with E-state index in [0.717, 1.165) is 56.0 Å². The number of rotatable bonds is 14. The van der Waals surface area contributed by atoms with E-state index < -0.39 is 11.9 Å². The first kappa shape index (κ1) is 32.6. The standard InChI is InChI=1S/C32H42FN7O4/c1-4-23(2)35-30(41)20-24-7-5-8-25(19-24)22-40(32(42)43)29-11-12-34-31(37-29)36-26-9-10-28(27(33)21-26)44-18-6-13-39-16-14-38(3)15-17-39/h5,7-12,19,21,23H,4,6,13-18,20,22H2,1-3H3,(H,35,41)(H,42,43)(H,34,36,37). The van der Waals surface area contributed by atoms with E-state index in [4.69, 9.17) is 4.74 Å². The Bertz CT molecular complexity index is 1400. The van der Waals surface area contributed by atoms with Crippen LogP contribution < -0.4 is 20.3 Å². The second-order valence-corrected chi connectivity index (χ2v) is 11.1. The minimum Gasteiger partial charge on any atom is -0.490 e. The van der Waals surface area contributed by atoms with Gasteiger partial charge in [0, 0.05) is 56.7 Å². The molecule has 4 rings (SSSR count). The fourth-order valence-electron chi connectivity index (χ4n) is 4.81. The van der Waals surface area contributed by atoms with Crippen LogP contribution >= 0.6 is 0 Å². The summed E-state index contributed by atoms with van der Waals surface area (Å²) in [7, 11) is 2.12. The van der Waals surface area contributed by atoms with Crippen LogP contribution in [0.15, 0.2) is 54.7 Å². The third-order valence-electron chi connectivity index (χ3n) is 7.53. The molecule has 2 amide bonds. The molecule has 1 aliphatic heterocycles. The summed E-state index contributed by atoms with van der Waals surface area (Å²) < 4.78 is 20.5. The van der Waals surface area contributed by atoms with Crippen molar-refractivity contribution in [1.29, 1.82) is 0 Å². The third-order valence-corrected chi connectivity index (χ3v) is 7.53. The first-order valence-corrected chi connectivity index (χ1v) is 15.0. The molecule has 1 fully saturated rings. The predicted octanol–water partition coefficient (Wildman–Crippen LogP) is 4.52. The third kappa shape index (κ3) is 9.88. The lowest BCUT2D eigenvalue weighted by Gasteiger charge is -2.32. The van der Waals surface area contributed by atoms with E-state index in [1.807, 2.05) is 26.0 Å². The number of piperazine rings is 1. The van der Waals surface area contributed by atoms with E-state index in [9.17, 15) is 19.1 Å². The van der Waals surface area contributed by atoms with Gasteiger partial charge < -0.3 is 30.3 Å². The molecule has 0 spiro atoms. The number of hydrogen-bond acceptors (Lipinski definition) is 8. The molecule has 0 saturated carbocycles. The molecule has 1 aliphatic rings. The lowest BCUT2D eigenvalue weighted by molar-refractivity contribution is -0.121. The second-order valence-electron chi connectivity index (χ2n) is 11.1. The molecule has 0 aliphatic carbocycles. The number of ether oxygens (including phenoxy) is 1. The van der Waals surface area contributed by atoms with Gasteiger partial charge in [-0.25, -0.2) is 14.2 Å². The number of likely N-dealkylation sites (N-methyl/N-ethyl adjacent to an activating group) is 1. The Kier molecular flexibility index (Phi) is 11.8. The molecular weight excluding hydrogens is 565 g/mol. The highest BCUT2D eigenvalue weighted by atomic mass is 19.1. The zero-order valence-electron chi connectivity index (χ0n) is 25.6. The minimum absolute atomic E-state index is 0.0160. The number of aromatic nitrogens is 2. The molecule has 1 unspecified atom stereocenters. The number of amides is 2. The van der Waals surface area contributed by atoms with E-state index >= 15 is 0 Å². The van der Waals surface area contributed by atoms with Crippen molar-refractivity contribution in [3.05, 3.63) is 71.7 Å². The molecule has 2 heterocycles. The number of hydrogen-bond donors (Lipinski definition) is 3. The van der Waals surface area contributed by atoms with Gasteiger partial charge in [0.25, 0.3) is 0 Å². The normalized spacial score (nSPS) is 14.5. The molecule has 3 N–H and O–H groups in total. The SMILES string of the molecule is CCC(C)NC(=O)Cc1cccc(CN(C(=O)O)c2ccnc(Nc3ccc(OCCCN4CCN(C)CC4)c(F)c3)n2)c1. The largest absolute Gasteiger partial charge is 0.490 e. The molecule has 3 aromatic rings. The average Bonchev–Trinajstić information content (AvgIpc) is 3.00. The summed E-state index contributed by atoms with van der Waals surface area (Å²) in [6.07, 6.45) is 2.08. The van der Waals surface area contributed by atoms with Crippen LogP contribution in [0.4, 0.5) is 26.6 Å². The quantitative estimate of drug-likeness (QED) is 0.227. The maximum atomic E-state index is 14.8.